The molecule has 0 radical (unpaired) electrons. The molecule has 1 rings (SSSR count). The van der Waals surface area contributed by atoms with E-state index in [9.17, 15) is 9.59 Å². The smallest absolute Gasteiger partial charge is 0.407 e. The summed E-state index contributed by atoms with van der Waals surface area (Å²) in [6, 6.07) is 0. The molecule has 1 amide bonds. The van der Waals surface area contributed by atoms with Crippen molar-refractivity contribution in [3.05, 3.63) is 11.8 Å². The van der Waals surface area contributed by atoms with Gasteiger partial charge in [0.15, 0.2) is 0 Å². The van der Waals surface area contributed by atoms with Gasteiger partial charge in [-0.15, -0.1) is 0 Å². The Morgan fingerprint density at radius 2 is 2.08 bits per heavy atom. The normalized spacial score (nSPS) is 22.3. The number of hydrogen-bond donors (Lipinski definition) is 3. The summed E-state index contributed by atoms with van der Waals surface area (Å²) in [5.74, 6) is -2.63. The standard InChI is InChI=1S/C7H9NO5/c9-5-1-2-8(7(12)13)3-4(5)6(10)11/h1,4,9H,2-3H2,(H,10,11)(H,12,13). The predicted molar refractivity (Wildman–Crippen MR) is 41.4 cm³/mol. The molecule has 0 fully saturated rings. The summed E-state index contributed by atoms with van der Waals surface area (Å²) >= 11 is 0. The van der Waals surface area contributed by atoms with Crippen LogP contribution in [0.4, 0.5) is 4.79 Å². The molecule has 0 saturated carbocycles. The van der Waals surface area contributed by atoms with E-state index < -0.39 is 18.0 Å². The fourth-order valence-electron chi connectivity index (χ4n) is 1.10. The molecule has 72 valence electrons. The number of aliphatic carboxylic acids is 1. The third-order valence-corrected chi connectivity index (χ3v) is 1.85. The fourth-order valence-corrected chi connectivity index (χ4v) is 1.10. The molecule has 3 N–H and O–H groups in total. The lowest BCUT2D eigenvalue weighted by atomic mass is 10.0. The molecule has 0 bridgehead atoms. The molecule has 0 aromatic heterocycles. The first kappa shape index (κ1) is 9.37. The Bertz CT molecular complexity index is 272. The van der Waals surface area contributed by atoms with Crippen LogP contribution >= 0.6 is 0 Å². The van der Waals surface area contributed by atoms with Crippen LogP contribution in [0.2, 0.25) is 0 Å². The van der Waals surface area contributed by atoms with Gasteiger partial charge in [-0.05, 0) is 6.08 Å². The van der Waals surface area contributed by atoms with Crippen molar-refractivity contribution in [1.82, 2.24) is 4.90 Å². The molecule has 1 aliphatic heterocycles. The van der Waals surface area contributed by atoms with E-state index >= 15 is 0 Å². The van der Waals surface area contributed by atoms with Crippen molar-refractivity contribution in [2.45, 2.75) is 0 Å². The molecule has 1 unspecified atom stereocenters. The molecular weight excluding hydrogens is 178 g/mol. The van der Waals surface area contributed by atoms with Crippen LogP contribution in [-0.4, -0.2) is 45.4 Å². The van der Waals surface area contributed by atoms with Crippen molar-refractivity contribution in [2.24, 2.45) is 5.92 Å². The zero-order valence-electron chi connectivity index (χ0n) is 6.67. The minimum atomic E-state index is -1.22. The quantitative estimate of drug-likeness (QED) is 0.541. The Morgan fingerprint density at radius 1 is 1.46 bits per heavy atom. The molecule has 0 aliphatic carbocycles. The first-order chi connectivity index (χ1) is 6.02. The summed E-state index contributed by atoms with van der Waals surface area (Å²) in [5, 5.41) is 26.2. The molecule has 0 aromatic rings. The number of carboxylic acid groups (broad SMARTS) is 2. The lowest BCUT2D eigenvalue weighted by Gasteiger charge is -2.25. The monoisotopic (exact) mass is 187 g/mol. The number of aliphatic hydroxyl groups excluding tert-OH is 1. The summed E-state index contributed by atoms with van der Waals surface area (Å²) in [6.07, 6.45) is 0.00569. The summed E-state index contributed by atoms with van der Waals surface area (Å²) in [7, 11) is 0. The van der Waals surface area contributed by atoms with Crippen LogP contribution < -0.4 is 0 Å². The fraction of sp³-hybridized carbons (Fsp3) is 0.429. The number of carbonyl (C=O) groups is 2. The van der Waals surface area contributed by atoms with Gasteiger partial charge in [-0.1, -0.05) is 0 Å². The van der Waals surface area contributed by atoms with Crippen LogP contribution in [0.15, 0.2) is 11.8 Å². The molecule has 0 spiro atoms. The van der Waals surface area contributed by atoms with Crippen molar-refractivity contribution in [1.29, 1.82) is 0 Å². The summed E-state index contributed by atoms with van der Waals surface area (Å²) < 4.78 is 0. The second kappa shape index (κ2) is 3.34. The Kier molecular flexibility index (Phi) is 2.41. The third kappa shape index (κ3) is 1.90. The van der Waals surface area contributed by atoms with Crippen LogP contribution in [0.25, 0.3) is 0 Å². The maximum Gasteiger partial charge on any atom is 0.407 e. The van der Waals surface area contributed by atoms with E-state index in [2.05, 4.69) is 0 Å². The zero-order chi connectivity index (χ0) is 10.0. The number of aliphatic hydroxyl groups is 1. The molecule has 0 saturated heterocycles. The lowest BCUT2D eigenvalue weighted by molar-refractivity contribution is -0.142. The summed E-state index contributed by atoms with van der Waals surface area (Å²) in [4.78, 5) is 21.9. The highest BCUT2D eigenvalue weighted by molar-refractivity contribution is 5.75. The zero-order valence-corrected chi connectivity index (χ0v) is 6.67. The largest absolute Gasteiger partial charge is 0.512 e. The van der Waals surface area contributed by atoms with E-state index in [1.54, 1.807) is 0 Å². The van der Waals surface area contributed by atoms with Crippen molar-refractivity contribution >= 4 is 12.1 Å². The van der Waals surface area contributed by atoms with Gasteiger partial charge < -0.3 is 20.2 Å². The van der Waals surface area contributed by atoms with E-state index in [4.69, 9.17) is 15.3 Å². The Balaban J connectivity index is 2.77. The topological polar surface area (TPSA) is 98.1 Å². The maximum atomic E-state index is 10.5. The van der Waals surface area contributed by atoms with E-state index in [-0.39, 0.29) is 18.8 Å². The van der Waals surface area contributed by atoms with Crippen molar-refractivity contribution in [2.75, 3.05) is 13.1 Å². The van der Waals surface area contributed by atoms with E-state index in [1.807, 2.05) is 0 Å². The molecule has 1 aliphatic rings. The number of nitrogens with zero attached hydrogens (tertiary/aromatic N) is 1. The molecule has 6 heteroatoms. The predicted octanol–water partition coefficient (Wildman–Crippen LogP) is 0.123. The lowest BCUT2D eigenvalue weighted by Crippen LogP contribution is -2.41. The van der Waals surface area contributed by atoms with Gasteiger partial charge in [0, 0.05) is 13.1 Å². The third-order valence-electron chi connectivity index (χ3n) is 1.85. The van der Waals surface area contributed by atoms with Gasteiger partial charge in [0.2, 0.25) is 0 Å². The van der Waals surface area contributed by atoms with Crippen LogP contribution in [0.1, 0.15) is 0 Å². The number of rotatable bonds is 1. The molecule has 0 aromatic carbocycles. The molecular formula is C7H9NO5. The SMILES string of the molecule is O=C(O)C1CN(C(=O)O)CC=C1O. The van der Waals surface area contributed by atoms with Crippen LogP contribution in [0, 0.1) is 5.92 Å². The molecule has 13 heavy (non-hydrogen) atoms. The second-order valence-electron chi connectivity index (χ2n) is 2.71. The minimum absolute atomic E-state index is 0.0327. The van der Waals surface area contributed by atoms with Gasteiger partial charge in [-0.25, -0.2) is 4.79 Å². The highest BCUT2D eigenvalue weighted by Crippen LogP contribution is 2.15. The second-order valence-corrected chi connectivity index (χ2v) is 2.71. The van der Waals surface area contributed by atoms with Gasteiger partial charge in [-0.3, -0.25) is 4.79 Å². The van der Waals surface area contributed by atoms with Gasteiger partial charge in [0.25, 0.3) is 0 Å². The first-order valence-corrected chi connectivity index (χ1v) is 3.62. The molecule has 1 atom stereocenters. The van der Waals surface area contributed by atoms with E-state index in [1.165, 1.54) is 6.08 Å². The number of amides is 1. The van der Waals surface area contributed by atoms with Crippen molar-refractivity contribution < 1.29 is 24.9 Å². The van der Waals surface area contributed by atoms with Crippen molar-refractivity contribution in [3.63, 3.8) is 0 Å². The highest BCUT2D eigenvalue weighted by Gasteiger charge is 2.30. The van der Waals surface area contributed by atoms with Gasteiger partial charge in [0.05, 0.1) is 0 Å². The summed E-state index contributed by atoms with van der Waals surface area (Å²) in [6.45, 7) is -0.169. The maximum absolute atomic E-state index is 10.5. The minimum Gasteiger partial charge on any atom is -0.512 e. The Labute approximate surface area is 73.7 Å². The van der Waals surface area contributed by atoms with Crippen LogP contribution in [0.3, 0.4) is 0 Å². The van der Waals surface area contributed by atoms with Gasteiger partial charge in [0.1, 0.15) is 11.7 Å². The average molecular weight is 187 g/mol. The Hall–Kier alpha value is -1.72. The Morgan fingerprint density at radius 3 is 2.54 bits per heavy atom. The molecule has 1 heterocycles. The number of carboxylic acids is 1. The summed E-state index contributed by atoms with van der Waals surface area (Å²) in [5.41, 5.74) is 0. The number of hydrogen-bond acceptors (Lipinski definition) is 3. The first-order valence-electron chi connectivity index (χ1n) is 3.62. The highest BCUT2D eigenvalue weighted by atomic mass is 16.4. The van der Waals surface area contributed by atoms with E-state index in [0.29, 0.717) is 0 Å². The van der Waals surface area contributed by atoms with Gasteiger partial charge >= 0.3 is 12.1 Å². The van der Waals surface area contributed by atoms with Crippen LogP contribution in [-0.2, 0) is 4.79 Å². The van der Waals surface area contributed by atoms with Gasteiger partial charge in [-0.2, -0.15) is 0 Å². The average Bonchev–Trinajstić information content (AvgIpc) is 2.04. The molecule has 6 nitrogen and oxygen atoms in total. The van der Waals surface area contributed by atoms with Crippen molar-refractivity contribution in [3.8, 4) is 0 Å². The van der Waals surface area contributed by atoms with E-state index in [0.717, 1.165) is 4.90 Å². The van der Waals surface area contributed by atoms with Crippen LogP contribution in [0.5, 0.6) is 0 Å².